The summed E-state index contributed by atoms with van der Waals surface area (Å²) >= 11 is 1.84. The Morgan fingerprint density at radius 1 is 1.24 bits per heavy atom. The summed E-state index contributed by atoms with van der Waals surface area (Å²) in [6, 6.07) is 0. The molecule has 0 aromatic heterocycles. The standard InChI is InChI=1S/C16H26N2O2S/c19-9-13-6-16(18(8-13)7-12-3-4-12)10-17(11-16)15(20)14-2-1-5-21-14/h12-14,19H,1-11H2/t13-,14-/m0/s1. The Balaban J connectivity index is 1.39. The highest BCUT2D eigenvalue weighted by atomic mass is 32.2. The quantitative estimate of drug-likeness (QED) is 0.847. The lowest BCUT2D eigenvalue weighted by atomic mass is 9.84. The topological polar surface area (TPSA) is 43.8 Å². The van der Waals surface area contributed by atoms with Crippen molar-refractivity contribution in [1.82, 2.24) is 9.80 Å². The van der Waals surface area contributed by atoms with Gasteiger partial charge >= 0.3 is 0 Å². The molecule has 0 unspecified atom stereocenters. The third kappa shape index (κ3) is 2.62. The van der Waals surface area contributed by atoms with Gasteiger partial charge in [-0.05, 0) is 49.7 Å². The van der Waals surface area contributed by atoms with Crippen molar-refractivity contribution in [2.45, 2.75) is 42.9 Å². The van der Waals surface area contributed by atoms with Crippen LogP contribution in [0.1, 0.15) is 32.1 Å². The SMILES string of the molecule is O=C([C@@H]1CCCS1)N1CC2(C[C@H](CO)CN2CC2CC2)C1. The van der Waals surface area contributed by atoms with E-state index in [0.29, 0.717) is 18.4 Å². The number of carbonyl (C=O) groups excluding carboxylic acids is 1. The van der Waals surface area contributed by atoms with Crippen molar-refractivity contribution < 1.29 is 9.90 Å². The van der Waals surface area contributed by atoms with Gasteiger partial charge in [-0.2, -0.15) is 0 Å². The van der Waals surface area contributed by atoms with E-state index in [1.54, 1.807) is 0 Å². The van der Waals surface area contributed by atoms with Crippen LogP contribution in [0.3, 0.4) is 0 Å². The molecule has 0 aromatic rings. The van der Waals surface area contributed by atoms with Crippen LogP contribution in [0.4, 0.5) is 0 Å². The molecule has 118 valence electrons. The Bertz CT molecular complexity index is 415. The van der Waals surface area contributed by atoms with Crippen molar-refractivity contribution in [2.75, 3.05) is 38.5 Å². The Labute approximate surface area is 131 Å². The molecule has 3 aliphatic heterocycles. The fourth-order valence-electron chi connectivity index (χ4n) is 4.36. The van der Waals surface area contributed by atoms with Gasteiger partial charge in [0.05, 0.1) is 10.8 Å². The third-order valence-electron chi connectivity index (χ3n) is 5.74. The van der Waals surface area contributed by atoms with E-state index in [1.165, 1.54) is 25.8 Å². The van der Waals surface area contributed by atoms with Crippen LogP contribution in [0, 0.1) is 11.8 Å². The minimum absolute atomic E-state index is 0.203. The summed E-state index contributed by atoms with van der Waals surface area (Å²) in [5.74, 6) is 2.83. The molecule has 4 rings (SSSR count). The summed E-state index contributed by atoms with van der Waals surface area (Å²) in [4.78, 5) is 17.2. The molecular formula is C16H26N2O2S. The molecule has 1 amide bonds. The average Bonchev–Trinajstić information content (AvgIpc) is 2.98. The summed E-state index contributed by atoms with van der Waals surface area (Å²) in [5, 5.41) is 9.75. The van der Waals surface area contributed by atoms with Crippen molar-refractivity contribution in [2.24, 2.45) is 11.8 Å². The van der Waals surface area contributed by atoms with Crippen LogP contribution in [0.25, 0.3) is 0 Å². The predicted molar refractivity (Wildman–Crippen MR) is 84.3 cm³/mol. The first kappa shape index (κ1) is 14.3. The second-order valence-electron chi connectivity index (χ2n) is 7.52. The zero-order valence-corrected chi connectivity index (χ0v) is 13.5. The summed E-state index contributed by atoms with van der Waals surface area (Å²) < 4.78 is 0. The van der Waals surface area contributed by atoms with Gasteiger partial charge in [-0.25, -0.2) is 0 Å². The average molecular weight is 310 g/mol. The minimum atomic E-state index is 0.203. The maximum atomic E-state index is 12.5. The zero-order chi connectivity index (χ0) is 14.4. The van der Waals surface area contributed by atoms with Crippen LogP contribution in [-0.4, -0.2) is 70.1 Å². The van der Waals surface area contributed by atoms with Crippen LogP contribution in [0.5, 0.6) is 0 Å². The number of aliphatic hydroxyl groups is 1. The third-order valence-corrected chi connectivity index (χ3v) is 7.10. The Kier molecular flexibility index (Phi) is 3.71. The Morgan fingerprint density at radius 2 is 2.05 bits per heavy atom. The fourth-order valence-corrected chi connectivity index (χ4v) is 5.61. The first-order valence-electron chi connectivity index (χ1n) is 8.46. The van der Waals surface area contributed by atoms with Gasteiger partial charge in [0.2, 0.25) is 5.91 Å². The van der Waals surface area contributed by atoms with Crippen molar-refractivity contribution in [3.05, 3.63) is 0 Å². The van der Waals surface area contributed by atoms with E-state index >= 15 is 0 Å². The summed E-state index contributed by atoms with van der Waals surface area (Å²) in [6.07, 6.45) is 6.09. The molecule has 3 heterocycles. The van der Waals surface area contributed by atoms with Crippen molar-refractivity contribution in [1.29, 1.82) is 0 Å². The number of hydrogen-bond donors (Lipinski definition) is 1. The predicted octanol–water partition coefficient (Wildman–Crippen LogP) is 1.19. The lowest BCUT2D eigenvalue weighted by Crippen LogP contribution is -2.70. The molecule has 1 spiro atoms. The molecule has 5 heteroatoms. The summed E-state index contributed by atoms with van der Waals surface area (Å²) in [7, 11) is 0. The van der Waals surface area contributed by atoms with Gasteiger partial charge in [0, 0.05) is 32.8 Å². The molecule has 4 fully saturated rings. The molecule has 1 N–H and O–H groups in total. The van der Waals surface area contributed by atoms with Gasteiger partial charge in [-0.3, -0.25) is 9.69 Å². The van der Waals surface area contributed by atoms with Gasteiger partial charge in [0.1, 0.15) is 0 Å². The highest BCUT2D eigenvalue weighted by molar-refractivity contribution is 8.00. The Morgan fingerprint density at radius 3 is 2.67 bits per heavy atom. The van der Waals surface area contributed by atoms with E-state index in [1.807, 2.05) is 11.8 Å². The minimum Gasteiger partial charge on any atom is -0.396 e. The van der Waals surface area contributed by atoms with Gasteiger partial charge in [0.25, 0.3) is 0 Å². The van der Waals surface area contributed by atoms with Gasteiger partial charge < -0.3 is 10.0 Å². The fraction of sp³-hybridized carbons (Fsp3) is 0.938. The number of rotatable bonds is 4. The van der Waals surface area contributed by atoms with E-state index in [0.717, 1.165) is 44.1 Å². The number of carbonyl (C=O) groups is 1. The number of amides is 1. The molecule has 0 aromatic carbocycles. The number of nitrogens with zero attached hydrogens (tertiary/aromatic N) is 2. The largest absolute Gasteiger partial charge is 0.396 e. The molecule has 1 aliphatic carbocycles. The second-order valence-corrected chi connectivity index (χ2v) is 8.83. The maximum absolute atomic E-state index is 12.5. The first-order valence-corrected chi connectivity index (χ1v) is 9.51. The van der Waals surface area contributed by atoms with E-state index in [2.05, 4.69) is 9.80 Å². The van der Waals surface area contributed by atoms with Crippen LogP contribution in [-0.2, 0) is 4.79 Å². The molecule has 0 bridgehead atoms. The highest BCUT2D eigenvalue weighted by Crippen LogP contribution is 2.44. The molecule has 0 radical (unpaired) electrons. The Hall–Kier alpha value is -0.260. The normalized spacial score (nSPS) is 35.4. The number of hydrogen-bond acceptors (Lipinski definition) is 4. The van der Waals surface area contributed by atoms with Gasteiger partial charge in [-0.15, -0.1) is 11.8 Å². The van der Waals surface area contributed by atoms with Crippen molar-refractivity contribution in [3.8, 4) is 0 Å². The smallest absolute Gasteiger partial charge is 0.235 e. The highest BCUT2D eigenvalue weighted by Gasteiger charge is 2.55. The number of thioether (sulfide) groups is 1. The maximum Gasteiger partial charge on any atom is 0.235 e. The van der Waals surface area contributed by atoms with Crippen LogP contribution >= 0.6 is 11.8 Å². The summed E-state index contributed by atoms with van der Waals surface area (Å²) in [5.41, 5.74) is 0.203. The van der Waals surface area contributed by atoms with Gasteiger partial charge in [-0.1, -0.05) is 0 Å². The van der Waals surface area contributed by atoms with Crippen molar-refractivity contribution >= 4 is 17.7 Å². The molecule has 4 nitrogen and oxygen atoms in total. The second kappa shape index (κ2) is 5.43. The molecule has 2 atom stereocenters. The first-order chi connectivity index (χ1) is 10.2. The zero-order valence-electron chi connectivity index (χ0n) is 12.7. The van der Waals surface area contributed by atoms with Crippen molar-refractivity contribution in [3.63, 3.8) is 0 Å². The van der Waals surface area contributed by atoms with Crippen LogP contribution in [0.2, 0.25) is 0 Å². The lowest BCUT2D eigenvalue weighted by Gasteiger charge is -2.53. The van der Waals surface area contributed by atoms with Crippen LogP contribution < -0.4 is 0 Å². The van der Waals surface area contributed by atoms with E-state index in [4.69, 9.17) is 0 Å². The molecule has 21 heavy (non-hydrogen) atoms. The lowest BCUT2D eigenvalue weighted by molar-refractivity contribution is -0.143. The number of likely N-dealkylation sites (tertiary alicyclic amines) is 2. The van der Waals surface area contributed by atoms with E-state index in [9.17, 15) is 9.90 Å². The molecule has 1 saturated carbocycles. The molecular weight excluding hydrogens is 284 g/mol. The van der Waals surface area contributed by atoms with E-state index < -0.39 is 0 Å². The molecule has 4 aliphatic rings. The summed E-state index contributed by atoms with van der Waals surface area (Å²) in [6.45, 7) is 4.34. The monoisotopic (exact) mass is 310 g/mol. The van der Waals surface area contributed by atoms with E-state index in [-0.39, 0.29) is 10.8 Å². The van der Waals surface area contributed by atoms with Gasteiger partial charge in [0.15, 0.2) is 0 Å². The number of aliphatic hydroxyl groups excluding tert-OH is 1. The molecule has 3 saturated heterocycles. The van der Waals surface area contributed by atoms with Crippen LogP contribution in [0.15, 0.2) is 0 Å².